The van der Waals surface area contributed by atoms with Crippen molar-refractivity contribution in [2.24, 2.45) is 0 Å². The second-order valence-corrected chi connectivity index (χ2v) is 3.68. The van der Waals surface area contributed by atoms with Gasteiger partial charge in [-0.25, -0.2) is 4.98 Å². The van der Waals surface area contributed by atoms with E-state index in [9.17, 15) is 4.79 Å². The Morgan fingerprint density at radius 1 is 1.35 bits per heavy atom. The molecule has 3 N–H and O–H groups in total. The minimum absolute atomic E-state index is 0.0847. The standard InChI is InChI=1S/C12H14N4O/c13-12-14-6-7-16(12)9-11(17)15-8-10-4-2-1-3-5-10/h1-7H,8-9H2,(H2,13,14)(H,15,17). The number of rotatable bonds is 4. The summed E-state index contributed by atoms with van der Waals surface area (Å²) in [5.41, 5.74) is 6.64. The van der Waals surface area contributed by atoms with Crippen molar-refractivity contribution < 1.29 is 4.79 Å². The van der Waals surface area contributed by atoms with Crippen LogP contribution in [0.5, 0.6) is 0 Å². The van der Waals surface area contributed by atoms with Gasteiger partial charge in [0.2, 0.25) is 11.9 Å². The van der Waals surface area contributed by atoms with Gasteiger partial charge in [0.1, 0.15) is 6.54 Å². The highest BCUT2D eigenvalue weighted by atomic mass is 16.1. The first-order valence-electron chi connectivity index (χ1n) is 5.33. The number of nitrogens with two attached hydrogens (primary N) is 1. The molecule has 2 rings (SSSR count). The number of imidazole rings is 1. The molecular weight excluding hydrogens is 216 g/mol. The van der Waals surface area contributed by atoms with Crippen LogP contribution in [-0.2, 0) is 17.9 Å². The normalized spacial score (nSPS) is 10.1. The lowest BCUT2D eigenvalue weighted by Gasteiger charge is -2.06. The van der Waals surface area contributed by atoms with Gasteiger partial charge in [-0.05, 0) is 5.56 Å². The fourth-order valence-electron chi connectivity index (χ4n) is 1.48. The average Bonchev–Trinajstić information content (AvgIpc) is 2.74. The Bertz CT molecular complexity index is 492. The van der Waals surface area contributed by atoms with E-state index < -0.39 is 0 Å². The molecule has 0 atom stereocenters. The smallest absolute Gasteiger partial charge is 0.240 e. The molecule has 0 fully saturated rings. The number of aromatic nitrogens is 2. The molecular formula is C12H14N4O. The quantitative estimate of drug-likeness (QED) is 0.815. The fraction of sp³-hybridized carbons (Fsp3) is 0.167. The molecule has 1 heterocycles. The number of benzene rings is 1. The molecule has 0 spiro atoms. The SMILES string of the molecule is Nc1nccn1CC(=O)NCc1ccccc1. The van der Waals surface area contributed by atoms with Crippen molar-refractivity contribution in [1.82, 2.24) is 14.9 Å². The minimum Gasteiger partial charge on any atom is -0.369 e. The molecule has 0 bridgehead atoms. The second kappa shape index (κ2) is 5.16. The van der Waals surface area contributed by atoms with E-state index in [1.54, 1.807) is 17.0 Å². The van der Waals surface area contributed by atoms with Crippen molar-refractivity contribution in [3.8, 4) is 0 Å². The monoisotopic (exact) mass is 230 g/mol. The molecule has 0 aliphatic heterocycles. The van der Waals surface area contributed by atoms with E-state index in [4.69, 9.17) is 5.73 Å². The van der Waals surface area contributed by atoms with Crippen LogP contribution < -0.4 is 11.1 Å². The summed E-state index contributed by atoms with van der Waals surface area (Å²) in [4.78, 5) is 15.5. The Morgan fingerprint density at radius 3 is 2.76 bits per heavy atom. The van der Waals surface area contributed by atoms with E-state index in [1.807, 2.05) is 30.3 Å². The van der Waals surface area contributed by atoms with Crippen molar-refractivity contribution >= 4 is 11.9 Å². The van der Waals surface area contributed by atoms with Crippen LogP contribution in [0, 0.1) is 0 Å². The van der Waals surface area contributed by atoms with E-state index in [0.717, 1.165) is 5.56 Å². The minimum atomic E-state index is -0.0847. The lowest BCUT2D eigenvalue weighted by atomic mass is 10.2. The fourth-order valence-corrected chi connectivity index (χ4v) is 1.48. The summed E-state index contributed by atoms with van der Waals surface area (Å²) in [6, 6.07) is 9.75. The first-order valence-corrected chi connectivity index (χ1v) is 5.33. The molecule has 1 aromatic heterocycles. The van der Waals surface area contributed by atoms with E-state index >= 15 is 0 Å². The van der Waals surface area contributed by atoms with Crippen LogP contribution in [0.2, 0.25) is 0 Å². The van der Waals surface area contributed by atoms with Gasteiger partial charge in [0.15, 0.2) is 0 Å². The molecule has 0 saturated carbocycles. The number of amides is 1. The maximum absolute atomic E-state index is 11.6. The highest BCUT2D eigenvalue weighted by Crippen LogP contribution is 1.99. The zero-order valence-corrected chi connectivity index (χ0v) is 9.34. The van der Waals surface area contributed by atoms with Crippen LogP contribution in [0.1, 0.15) is 5.56 Å². The van der Waals surface area contributed by atoms with Gasteiger partial charge in [-0.1, -0.05) is 30.3 Å². The Morgan fingerprint density at radius 2 is 2.12 bits per heavy atom. The lowest BCUT2D eigenvalue weighted by Crippen LogP contribution is -2.27. The highest BCUT2D eigenvalue weighted by molar-refractivity contribution is 5.76. The maximum Gasteiger partial charge on any atom is 0.240 e. The Hall–Kier alpha value is -2.30. The van der Waals surface area contributed by atoms with Crippen molar-refractivity contribution in [3.05, 3.63) is 48.3 Å². The molecule has 2 aromatic rings. The van der Waals surface area contributed by atoms with E-state index in [-0.39, 0.29) is 12.5 Å². The molecule has 17 heavy (non-hydrogen) atoms. The summed E-state index contributed by atoms with van der Waals surface area (Å²) in [7, 11) is 0. The number of hydrogen-bond acceptors (Lipinski definition) is 3. The highest BCUT2D eigenvalue weighted by Gasteiger charge is 2.04. The van der Waals surface area contributed by atoms with Crippen LogP contribution >= 0.6 is 0 Å². The number of hydrogen-bond donors (Lipinski definition) is 2. The van der Waals surface area contributed by atoms with E-state index in [0.29, 0.717) is 12.5 Å². The van der Waals surface area contributed by atoms with Gasteiger partial charge in [0.25, 0.3) is 0 Å². The van der Waals surface area contributed by atoms with E-state index in [2.05, 4.69) is 10.3 Å². The van der Waals surface area contributed by atoms with Gasteiger partial charge in [-0.2, -0.15) is 0 Å². The summed E-state index contributed by atoms with van der Waals surface area (Å²) < 4.78 is 1.60. The third-order valence-corrected chi connectivity index (χ3v) is 2.39. The Kier molecular flexibility index (Phi) is 3.40. The van der Waals surface area contributed by atoms with Crippen LogP contribution in [0.25, 0.3) is 0 Å². The summed E-state index contributed by atoms with van der Waals surface area (Å²) in [6.45, 7) is 0.715. The Balaban J connectivity index is 1.85. The number of carbonyl (C=O) groups is 1. The van der Waals surface area contributed by atoms with Gasteiger partial charge >= 0.3 is 0 Å². The van der Waals surface area contributed by atoms with Crippen molar-refractivity contribution in [3.63, 3.8) is 0 Å². The maximum atomic E-state index is 11.6. The van der Waals surface area contributed by atoms with Crippen molar-refractivity contribution in [2.75, 3.05) is 5.73 Å². The summed E-state index contributed by atoms with van der Waals surface area (Å²) >= 11 is 0. The van der Waals surface area contributed by atoms with Crippen LogP contribution in [-0.4, -0.2) is 15.5 Å². The average molecular weight is 230 g/mol. The molecule has 5 heteroatoms. The first kappa shape index (κ1) is 11.2. The lowest BCUT2D eigenvalue weighted by molar-refractivity contribution is -0.121. The number of nitrogen functional groups attached to an aromatic ring is 1. The summed E-state index contributed by atoms with van der Waals surface area (Å²) in [6.07, 6.45) is 3.25. The zero-order valence-electron chi connectivity index (χ0n) is 9.34. The molecule has 1 amide bonds. The predicted molar refractivity (Wildman–Crippen MR) is 64.9 cm³/mol. The van der Waals surface area contributed by atoms with Crippen LogP contribution in [0.15, 0.2) is 42.7 Å². The second-order valence-electron chi connectivity index (χ2n) is 3.68. The van der Waals surface area contributed by atoms with Crippen molar-refractivity contribution in [2.45, 2.75) is 13.1 Å². The topological polar surface area (TPSA) is 72.9 Å². The van der Waals surface area contributed by atoms with Gasteiger partial charge in [-0.3, -0.25) is 4.79 Å². The summed E-state index contributed by atoms with van der Waals surface area (Å²) in [5.74, 6) is 0.262. The number of anilines is 1. The molecule has 0 radical (unpaired) electrons. The van der Waals surface area contributed by atoms with Crippen LogP contribution in [0.4, 0.5) is 5.95 Å². The van der Waals surface area contributed by atoms with Crippen molar-refractivity contribution in [1.29, 1.82) is 0 Å². The molecule has 0 aliphatic carbocycles. The number of nitrogens with one attached hydrogen (secondary N) is 1. The molecule has 5 nitrogen and oxygen atoms in total. The molecule has 0 aliphatic rings. The molecule has 0 unspecified atom stereocenters. The number of carbonyl (C=O) groups excluding carboxylic acids is 1. The van der Waals surface area contributed by atoms with Gasteiger partial charge < -0.3 is 15.6 Å². The summed E-state index contributed by atoms with van der Waals surface area (Å²) in [5, 5.41) is 2.82. The molecule has 88 valence electrons. The first-order chi connectivity index (χ1) is 8.25. The zero-order chi connectivity index (χ0) is 12.1. The van der Waals surface area contributed by atoms with Gasteiger partial charge in [0.05, 0.1) is 0 Å². The van der Waals surface area contributed by atoms with Crippen LogP contribution in [0.3, 0.4) is 0 Å². The molecule has 1 aromatic carbocycles. The predicted octanol–water partition coefficient (Wildman–Crippen LogP) is 0.782. The van der Waals surface area contributed by atoms with Gasteiger partial charge in [0, 0.05) is 18.9 Å². The third kappa shape index (κ3) is 3.07. The Labute approximate surface area is 99.3 Å². The number of nitrogens with zero attached hydrogens (tertiary/aromatic N) is 2. The van der Waals surface area contributed by atoms with E-state index in [1.165, 1.54) is 0 Å². The largest absolute Gasteiger partial charge is 0.369 e. The third-order valence-electron chi connectivity index (χ3n) is 2.39. The molecule has 0 saturated heterocycles. The van der Waals surface area contributed by atoms with Gasteiger partial charge in [-0.15, -0.1) is 0 Å².